The highest BCUT2D eigenvalue weighted by atomic mass is 35.5. The summed E-state index contributed by atoms with van der Waals surface area (Å²) in [4.78, 5) is 3.13. The molecule has 2 saturated heterocycles. The number of hydrogen-bond donors (Lipinski definition) is 1. The summed E-state index contributed by atoms with van der Waals surface area (Å²) in [5.41, 5.74) is 1.71. The molecule has 2 nitrogen and oxygen atoms in total. The van der Waals surface area contributed by atoms with Gasteiger partial charge in [-0.25, -0.2) is 0 Å². The monoisotopic (exact) mass is 334 g/mol. The van der Waals surface area contributed by atoms with Crippen LogP contribution >= 0.6 is 24.2 Å². The molecule has 2 fully saturated rings. The molecule has 21 heavy (non-hydrogen) atoms. The van der Waals surface area contributed by atoms with E-state index in [1.165, 1.54) is 18.4 Å². The van der Waals surface area contributed by atoms with E-state index >= 15 is 0 Å². The molecular formula is C15H21ClF2N2S. The summed E-state index contributed by atoms with van der Waals surface area (Å²) in [6.45, 7) is 5.53. The van der Waals surface area contributed by atoms with Crippen molar-refractivity contribution in [3.05, 3.63) is 29.8 Å². The third-order valence-corrected chi connectivity index (χ3v) is 5.13. The number of nitrogens with zero attached hydrogens (tertiary/aromatic N) is 1. The molecule has 1 N–H and O–H groups in total. The number of benzene rings is 1. The summed E-state index contributed by atoms with van der Waals surface area (Å²) in [6.07, 6.45) is 2.56. The molecule has 0 aromatic heterocycles. The Hall–Kier alpha value is -0.360. The van der Waals surface area contributed by atoms with Crippen LogP contribution in [0.15, 0.2) is 29.2 Å². The lowest BCUT2D eigenvalue weighted by atomic mass is 9.87. The lowest BCUT2D eigenvalue weighted by Gasteiger charge is -2.22. The third-order valence-electron chi connectivity index (χ3n) is 4.40. The molecule has 0 bridgehead atoms. The molecule has 0 aliphatic carbocycles. The van der Waals surface area contributed by atoms with Crippen LogP contribution in [-0.4, -0.2) is 36.8 Å². The van der Waals surface area contributed by atoms with E-state index in [-0.39, 0.29) is 12.4 Å². The Labute approximate surface area is 135 Å². The topological polar surface area (TPSA) is 15.3 Å². The predicted molar refractivity (Wildman–Crippen MR) is 85.4 cm³/mol. The highest BCUT2D eigenvalue weighted by molar-refractivity contribution is 7.99. The largest absolute Gasteiger partial charge is 0.316 e. The van der Waals surface area contributed by atoms with Crippen molar-refractivity contribution in [1.82, 2.24) is 10.2 Å². The summed E-state index contributed by atoms with van der Waals surface area (Å²) < 4.78 is 24.5. The Morgan fingerprint density at radius 2 is 2.00 bits per heavy atom. The SMILES string of the molecule is Cl.FC(F)Sc1ccc(CN2CCC3(CCNC3)C2)cc1. The van der Waals surface area contributed by atoms with Crippen LogP contribution in [0.3, 0.4) is 0 Å². The van der Waals surface area contributed by atoms with Crippen LogP contribution in [0.4, 0.5) is 8.78 Å². The predicted octanol–water partition coefficient (Wildman–Crippen LogP) is 3.61. The molecule has 2 aliphatic rings. The van der Waals surface area contributed by atoms with Gasteiger partial charge in [0.15, 0.2) is 0 Å². The smallest absolute Gasteiger partial charge is 0.288 e. The number of alkyl halides is 2. The van der Waals surface area contributed by atoms with Crippen molar-refractivity contribution in [2.75, 3.05) is 26.2 Å². The molecule has 0 amide bonds. The van der Waals surface area contributed by atoms with E-state index in [1.54, 1.807) is 12.1 Å². The summed E-state index contributed by atoms with van der Waals surface area (Å²) in [5, 5.41) is 3.46. The van der Waals surface area contributed by atoms with Gasteiger partial charge in [-0.15, -0.1) is 12.4 Å². The second kappa shape index (κ2) is 7.27. The first-order chi connectivity index (χ1) is 9.65. The Balaban J connectivity index is 0.00000161. The van der Waals surface area contributed by atoms with Crippen LogP contribution in [0.2, 0.25) is 0 Å². The first kappa shape index (κ1) is 17.0. The van der Waals surface area contributed by atoms with E-state index in [0.717, 1.165) is 32.7 Å². The molecule has 2 aliphatic heterocycles. The van der Waals surface area contributed by atoms with Gasteiger partial charge in [0.05, 0.1) is 0 Å². The fraction of sp³-hybridized carbons (Fsp3) is 0.600. The molecule has 6 heteroatoms. The third kappa shape index (κ3) is 4.31. The molecule has 1 aromatic rings. The lowest BCUT2D eigenvalue weighted by molar-refractivity contribution is 0.252. The minimum absolute atomic E-state index is 0. The number of likely N-dealkylation sites (tertiary alicyclic amines) is 1. The van der Waals surface area contributed by atoms with E-state index in [9.17, 15) is 8.78 Å². The molecule has 2 heterocycles. The fourth-order valence-corrected chi connectivity index (χ4v) is 3.84. The zero-order valence-corrected chi connectivity index (χ0v) is 13.5. The van der Waals surface area contributed by atoms with E-state index in [2.05, 4.69) is 10.2 Å². The van der Waals surface area contributed by atoms with Gasteiger partial charge >= 0.3 is 0 Å². The van der Waals surface area contributed by atoms with Gasteiger partial charge in [-0.1, -0.05) is 23.9 Å². The first-order valence-corrected chi connectivity index (χ1v) is 8.00. The van der Waals surface area contributed by atoms with Crippen molar-refractivity contribution < 1.29 is 8.78 Å². The zero-order valence-electron chi connectivity index (χ0n) is 11.9. The average molecular weight is 335 g/mol. The molecular weight excluding hydrogens is 314 g/mol. The zero-order chi connectivity index (χ0) is 14.0. The number of nitrogens with one attached hydrogen (secondary N) is 1. The molecule has 1 spiro atoms. The number of halogens is 3. The summed E-state index contributed by atoms with van der Waals surface area (Å²) in [6, 6.07) is 7.55. The molecule has 3 rings (SSSR count). The van der Waals surface area contributed by atoms with Crippen LogP contribution in [0.25, 0.3) is 0 Å². The minimum atomic E-state index is -2.34. The fourth-order valence-electron chi connectivity index (χ4n) is 3.34. The van der Waals surface area contributed by atoms with Crippen LogP contribution in [-0.2, 0) is 6.54 Å². The van der Waals surface area contributed by atoms with Crippen molar-refractivity contribution in [3.8, 4) is 0 Å². The summed E-state index contributed by atoms with van der Waals surface area (Å²) in [5.74, 6) is -2.34. The maximum Gasteiger partial charge on any atom is 0.288 e. The molecule has 1 atom stereocenters. The minimum Gasteiger partial charge on any atom is -0.316 e. The van der Waals surface area contributed by atoms with Gasteiger partial charge in [0, 0.05) is 24.5 Å². The van der Waals surface area contributed by atoms with Crippen molar-refractivity contribution in [1.29, 1.82) is 0 Å². The molecule has 118 valence electrons. The Morgan fingerprint density at radius 1 is 1.24 bits per heavy atom. The van der Waals surface area contributed by atoms with Gasteiger partial charge < -0.3 is 5.32 Å². The van der Waals surface area contributed by atoms with Gasteiger partial charge in [0.25, 0.3) is 5.76 Å². The highest BCUT2D eigenvalue weighted by Crippen LogP contribution is 2.36. The summed E-state index contributed by atoms with van der Waals surface area (Å²) >= 11 is 0.610. The van der Waals surface area contributed by atoms with Crippen LogP contribution < -0.4 is 5.32 Å². The lowest BCUT2D eigenvalue weighted by Crippen LogP contribution is -2.28. The maximum atomic E-state index is 12.3. The van der Waals surface area contributed by atoms with Crippen LogP contribution in [0, 0.1) is 5.41 Å². The van der Waals surface area contributed by atoms with Crippen molar-refractivity contribution in [2.45, 2.75) is 30.0 Å². The highest BCUT2D eigenvalue weighted by Gasteiger charge is 2.39. The molecule has 0 saturated carbocycles. The second-order valence-corrected chi connectivity index (χ2v) is 6.97. The standard InChI is InChI=1S/C15H20F2N2S.ClH/c16-14(17)20-13-3-1-12(2-4-13)9-19-8-6-15(11-19)5-7-18-10-15;/h1-4,14,18H,5-11H2;1H. The quantitative estimate of drug-likeness (QED) is 0.847. The Kier molecular flexibility index (Phi) is 5.88. The normalized spacial score (nSPS) is 25.7. The first-order valence-electron chi connectivity index (χ1n) is 7.12. The van der Waals surface area contributed by atoms with Crippen LogP contribution in [0.1, 0.15) is 18.4 Å². The van der Waals surface area contributed by atoms with E-state index in [1.807, 2.05) is 12.1 Å². The van der Waals surface area contributed by atoms with Gasteiger partial charge in [-0.3, -0.25) is 4.90 Å². The van der Waals surface area contributed by atoms with Gasteiger partial charge in [-0.2, -0.15) is 8.78 Å². The van der Waals surface area contributed by atoms with Crippen LogP contribution in [0.5, 0.6) is 0 Å². The molecule has 1 aromatic carbocycles. The molecule has 1 unspecified atom stereocenters. The van der Waals surface area contributed by atoms with Gasteiger partial charge in [0.1, 0.15) is 0 Å². The molecule has 0 radical (unpaired) electrons. The average Bonchev–Trinajstić information content (AvgIpc) is 3.02. The Morgan fingerprint density at radius 3 is 2.62 bits per heavy atom. The number of hydrogen-bond acceptors (Lipinski definition) is 3. The van der Waals surface area contributed by atoms with Gasteiger partial charge in [-0.05, 0) is 49.0 Å². The maximum absolute atomic E-state index is 12.3. The Bertz CT molecular complexity index is 449. The second-order valence-electron chi connectivity index (χ2n) is 5.91. The number of rotatable bonds is 4. The number of thioether (sulfide) groups is 1. The van der Waals surface area contributed by atoms with Crippen molar-refractivity contribution in [2.24, 2.45) is 5.41 Å². The van der Waals surface area contributed by atoms with E-state index in [4.69, 9.17) is 0 Å². The summed E-state index contributed by atoms with van der Waals surface area (Å²) in [7, 11) is 0. The van der Waals surface area contributed by atoms with E-state index < -0.39 is 5.76 Å². The van der Waals surface area contributed by atoms with Gasteiger partial charge in [0.2, 0.25) is 0 Å². The van der Waals surface area contributed by atoms with E-state index in [0.29, 0.717) is 22.1 Å². The van der Waals surface area contributed by atoms with Crippen molar-refractivity contribution in [3.63, 3.8) is 0 Å². The van der Waals surface area contributed by atoms with Crippen molar-refractivity contribution >= 4 is 24.2 Å².